The number of aliphatic hydroxyl groups is 1. The zero-order valence-corrected chi connectivity index (χ0v) is 16.0. The van der Waals surface area contributed by atoms with Crippen molar-refractivity contribution in [2.45, 2.75) is 29.7 Å². The first-order valence-electron chi connectivity index (χ1n) is 10.0. The van der Waals surface area contributed by atoms with E-state index in [1.54, 1.807) is 0 Å². The quantitative estimate of drug-likeness (QED) is 0.606. The highest BCUT2D eigenvalue weighted by atomic mass is 32.2. The summed E-state index contributed by atoms with van der Waals surface area (Å²) < 4.78 is 97.1. The molecule has 1 aliphatic rings. The topological polar surface area (TPSA) is 123 Å². The van der Waals surface area contributed by atoms with Crippen molar-refractivity contribution >= 4 is 21.7 Å². The van der Waals surface area contributed by atoms with Gasteiger partial charge in [0.25, 0.3) is 0 Å². The number of rotatable bonds is 6. The van der Waals surface area contributed by atoms with Crippen molar-refractivity contribution in [1.82, 2.24) is 14.7 Å². The fourth-order valence-corrected chi connectivity index (χ4v) is 3.21. The van der Waals surface area contributed by atoms with Gasteiger partial charge < -0.3 is 19.9 Å². The summed E-state index contributed by atoms with van der Waals surface area (Å²) in [6.45, 7) is -2.81. The fraction of sp³-hybridized carbons (Fsp3) is 0.412. The number of hydrogen-bond donors (Lipinski definition) is 3. The molecule has 3 N–H and O–H groups in total. The van der Waals surface area contributed by atoms with Crippen molar-refractivity contribution in [3.63, 3.8) is 0 Å². The minimum absolute atomic E-state index is 0.0892. The maximum Gasteiger partial charge on any atom is 0.423 e. The molecule has 3 rings (SSSR count). The minimum atomic E-state index is -4.81. The lowest BCUT2D eigenvalue weighted by atomic mass is 10.1. The van der Waals surface area contributed by atoms with Crippen LogP contribution in [0.3, 0.4) is 0 Å². The molecule has 1 saturated heterocycles. The monoisotopic (exact) mass is 451 g/mol. The summed E-state index contributed by atoms with van der Waals surface area (Å²) in [5, 5.41) is 12.5. The van der Waals surface area contributed by atoms with Crippen molar-refractivity contribution in [2.24, 2.45) is 0 Å². The number of sulfonamides is 1. The lowest BCUT2D eigenvalue weighted by Crippen LogP contribution is -2.41. The van der Waals surface area contributed by atoms with Crippen LogP contribution in [0.15, 0.2) is 35.4 Å². The number of aliphatic hydroxyl groups excluding tert-OH is 1. The third kappa shape index (κ3) is 5.16. The molecular weight excluding hydrogens is 429 g/mol. The van der Waals surface area contributed by atoms with Gasteiger partial charge in [-0.05, 0) is 31.2 Å². The molecule has 0 amide bonds. The third-order valence-electron chi connectivity index (χ3n) is 4.14. The van der Waals surface area contributed by atoms with Gasteiger partial charge in [0.1, 0.15) is 17.8 Å². The molecule has 2 atom stereocenters. The number of anilines is 2. The second-order valence-corrected chi connectivity index (χ2v) is 7.93. The first-order chi connectivity index (χ1) is 15.2. The van der Waals surface area contributed by atoms with Crippen LogP contribution in [0.25, 0.3) is 0 Å². The molecule has 1 aliphatic heterocycles. The molecule has 9 nitrogen and oxygen atoms in total. The molecule has 1 aromatic carbocycles. The molecule has 30 heavy (non-hydrogen) atoms. The SMILES string of the molecule is [2H]C([2H])([2H])NS(=O)(=O)c1ccc(Nc2ncc(C(F)(F)F)c(O[C@@H]3CCOC[C@@H]3O)n2)cc1. The van der Waals surface area contributed by atoms with E-state index in [1.165, 1.54) is 16.9 Å². The summed E-state index contributed by atoms with van der Waals surface area (Å²) in [6.07, 6.45) is -6.22. The number of aromatic nitrogens is 2. The number of nitrogens with one attached hydrogen (secondary N) is 2. The van der Waals surface area contributed by atoms with Gasteiger partial charge in [-0.2, -0.15) is 18.2 Å². The lowest BCUT2D eigenvalue weighted by molar-refractivity contribution is -0.141. The Labute approximate surface area is 174 Å². The molecule has 1 fully saturated rings. The van der Waals surface area contributed by atoms with Crippen LogP contribution in [-0.2, 0) is 20.9 Å². The molecule has 2 heterocycles. The minimum Gasteiger partial charge on any atom is -0.471 e. The molecule has 13 heteroatoms. The van der Waals surface area contributed by atoms with E-state index in [0.717, 1.165) is 12.1 Å². The van der Waals surface area contributed by atoms with Crippen molar-refractivity contribution < 1.29 is 40.3 Å². The average Bonchev–Trinajstić information content (AvgIpc) is 2.68. The van der Waals surface area contributed by atoms with Gasteiger partial charge in [-0.3, -0.25) is 0 Å². The van der Waals surface area contributed by atoms with Gasteiger partial charge in [0.2, 0.25) is 21.9 Å². The van der Waals surface area contributed by atoms with E-state index in [1.807, 2.05) is 0 Å². The largest absolute Gasteiger partial charge is 0.471 e. The Morgan fingerprint density at radius 2 is 2.07 bits per heavy atom. The van der Waals surface area contributed by atoms with Crippen LogP contribution in [0.4, 0.5) is 24.8 Å². The maximum atomic E-state index is 13.4. The van der Waals surface area contributed by atoms with Crippen molar-refractivity contribution in [3.05, 3.63) is 36.0 Å². The van der Waals surface area contributed by atoms with E-state index in [0.29, 0.717) is 6.20 Å². The molecule has 1 aromatic heterocycles. The van der Waals surface area contributed by atoms with Gasteiger partial charge in [0.15, 0.2) is 0 Å². The van der Waals surface area contributed by atoms with Gasteiger partial charge in [0, 0.05) is 22.4 Å². The first-order valence-corrected chi connectivity index (χ1v) is 10.0. The smallest absolute Gasteiger partial charge is 0.423 e. The van der Waals surface area contributed by atoms with Gasteiger partial charge >= 0.3 is 6.18 Å². The van der Waals surface area contributed by atoms with E-state index in [9.17, 15) is 26.7 Å². The fourth-order valence-electron chi connectivity index (χ4n) is 2.60. The van der Waals surface area contributed by atoms with E-state index in [-0.39, 0.29) is 36.2 Å². The van der Waals surface area contributed by atoms with E-state index >= 15 is 0 Å². The van der Waals surface area contributed by atoms with Gasteiger partial charge in [-0.25, -0.2) is 18.1 Å². The number of alkyl halides is 3. The van der Waals surface area contributed by atoms with Crippen molar-refractivity contribution in [1.29, 1.82) is 0 Å². The van der Waals surface area contributed by atoms with E-state index < -0.39 is 46.8 Å². The Morgan fingerprint density at radius 3 is 2.70 bits per heavy atom. The van der Waals surface area contributed by atoms with Crippen LogP contribution in [0.5, 0.6) is 5.88 Å². The molecule has 0 radical (unpaired) electrons. The van der Waals surface area contributed by atoms with Gasteiger partial charge in [0.05, 0.1) is 18.1 Å². The second kappa shape index (κ2) is 8.71. The molecule has 164 valence electrons. The number of hydrogen-bond acceptors (Lipinski definition) is 8. The summed E-state index contributed by atoms with van der Waals surface area (Å²) in [5.41, 5.74) is -1.02. The van der Waals surface area contributed by atoms with Crippen LogP contribution < -0.4 is 14.8 Å². The van der Waals surface area contributed by atoms with Crippen LogP contribution in [0.2, 0.25) is 0 Å². The second-order valence-electron chi connectivity index (χ2n) is 6.25. The Balaban J connectivity index is 1.82. The van der Waals surface area contributed by atoms with Crippen LogP contribution >= 0.6 is 0 Å². The molecule has 0 aliphatic carbocycles. The molecule has 0 saturated carbocycles. The number of nitrogens with zero attached hydrogens (tertiary/aromatic N) is 2. The van der Waals surface area contributed by atoms with Gasteiger partial charge in [-0.1, -0.05) is 0 Å². The summed E-state index contributed by atoms with van der Waals surface area (Å²) in [5.74, 6) is -1.07. The zero-order chi connectivity index (χ0) is 24.4. The van der Waals surface area contributed by atoms with E-state index in [4.69, 9.17) is 13.6 Å². The van der Waals surface area contributed by atoms with Crippen molar-refractivity contribution in [2.75, 3.05) is 25.5 Å². The first kappa shape index (κ1) is 18.3. The van der Waals surface area contributed by atoms with Crippen LogP contribution in [-0.4, -0.2) is 55.9 Å². The number of halogens is 3. The highest BCUT2D eigenvalue weighted by Crippen LogP contribution is 2.36. The van der Waals surface area contributed by atoms with Crippen LogP contribution in [0.1, 0.15) is 16.1 Å². The average molecular weight is 451 g/mol. The normalized spacial score (nSPS) is 21.9. The van der Waals surface area contributed by atoms with E-state index in [2.05, 4.69) is 15.3 Å². The highest BCUT2D eigenvalue weighted by Gasteiger charge is 2.38. The Morgan fingerprint density at radius 1 is 1.33 bits per heavy atom. The predicted molar refractivity (Wildman–Crippen MR) is 98.9 cm³/mol. The Bertz CT molecular complexity index is 1080. The lowest BCUT2D eigenvalue weighted by Gasteiger charge is -2.28. The summed E-state index contributed by atoms with van der Waals surface area (Å²) in [6, 6.07) is 4.68. The summed E-state index contributed by atoms with van der Waals surface area (Å²) in [7, 11) is -4.31. The van der Waals surface area contributed by atoms with Crippen LogP contribution in [0, 0.1) is 0 Å². The Kier molecular flexibility index (Phi) is 5.32. The zero-order valence-electron chi connectivity index (χ0n) is 18.2. The number of ether oxygens (including phenoxy) is 2. The standard InChI is InChI=1S/C17H19F3N4O5S/c1-21-30(26,27)11-4-2-10(3-5-11)23-16-22-8-12(17(18,19)20)15(24-16)29-14-6-7-28-9-13(14)25/h2-5,8,13-14,21,25H,6-7,9H2,1H3,(H,22,23,24)/t13-,14+/m0/s1/i1D3. The molecule has 0 spiro atoms. The summed E-state index contributed by atoms with van der Waals surface area (Å²) >= 11 is 0. The number of benzene rings is 1. The molecular formula is C17H19F3N4O5S. The molecule has 0 bridgehead atoms. The maximum absolute atomic E-state index is 13.4. The summed E-state index contributed by atoms with van der Waals surface area (Å²) in [4.78, 5) is 7.04. The molecule has 2 aromatic rings. The predicted octanol–water partition coefficient (Wildman–Crippen LogP) is 1.68. The molecule has 0 unspecified atom stereocenters. The third-order valence-corrected chi connectivity index (χ3v) is 5.30. The van der Waals surface area contributed by atoms with Gasteiger partial charge in [-0.15, -0.1) is 0 Å². The Hall–Kier alpha value is -2.48. The highest BCUT2D eigenvalue weighted by molar-refractivity contribution is 7.89. The van der Waals surface area contributed by atoms with Crippen molar-refractivity contribution in [3.8, 4) is 5.88 Å².